The predicted octanol–water partition coefficient (Wildman–Crippen LogP) is 4.83. The van der Waals surface area contributed by atoms with E-state index in [9.17, 15) is 4.79 Å². The molecule has 0 spiro atoms. The number of rotatable bonds is 9. The van der Waals surface area contributed by atoms with Crippen LogP contribution in [0.15, 0.2) is 77.9 Å². The smallest absolute Gasteiger partial charge is 0.292 e. The first-order valence-electron chi connectivity index (χ1n) is 12.4. The molecule has 0 atom stereocenters. The van der Waals surface area contributed by atoms with Gasteiger partial charge in [0.1, 0.15) is 0 Å². The number of aryl methyl sites for hydroxylation is 2. The van der Waals surface area contributed by atoms with Crippen molar-refractivity contribution in [3.8, 4) is 28.3 Å². The van der Waals surface area contributed by atoms with Gasteiger partial charge in [-0.3, -0.25) is 14.1 Å². The van der Waals surface area contributed by atoms with Gasteiger partial charge in [0.25, 0.3) is 0 Å². The van der Waals surface area contributed by atoms with E-state index in [1.54, 1.807) is 4.57 Å². The molecule has 0 radical (unpaired) electrons. The van der Waals surface area contributed by atoms with Gasteiger partial charge in [0.2, 0.25) is 5.82 Å². The number of hydrogen-bond acceptors (Lipinski definition) is 5. The molecule has 0 aliphatic heterocycles. The van der Waals surface area contributed by atoms with E-state index in [0.29, 0.717) is 12.4 Å². The van der Waals surface area contributed by atoms with Crippen molar-refractivity contribution in [2.75, 3.05) is 0 Å². The molecule has 0 aliphatic carbocycles. The van der Waals surface area contributed by atoms with Gasteiger partial charge in [-0.15, -0.1) is 10.2 Å². The minimum atomic E-state index is -0.0199. The summed E-state index contributed by atoms with van der Waals surface area (Å²) in [7, 11) is 0. The number of H-pyrrole nitrogens is 1. The van der Waals surface area contributed by atoms with Crippen LogP contribution in [0.2, 0.25) is 0 Å². The van der Waals surface area contributed by atoms with Crippen molar-refractivity contribution in [2.45, 2.75) is 46.1 Å². The van der Waals surface area contributed by atoms with Gasteiger partial charge in [0.15, 0.2) is 0 Å². The summed E-state index contributed by atoms with van der Waals surface area (Å²) in [5.41, 5.74) is 6.72. The number of hydrogen-bond donors (Lipinski definition) is 1. The van der Waals surface area contributed by atoms with Gasteiger partial charge >= 0.3 is 5.69 Å². The Morgan fingerprint density at radius 3 is 2.39 bits per heavy atom. The Labute approximate surface area is 209 Å². The molecule has 0 saturated heterocycles. The third-order valence-corrected chi connectivity index (χ3v) is 6.29. The summed E-state index contributed by atoms with van der Waals surface area (Å²) in [6.07, 6.45) is 7.61. The maximum Gasteiger partial charge on any atom is 0.333 e. The largest absolute Gasteiger partial charge is 0.333 e. The van der Waals surface area contributed by atoms with Crippen molar-refractivity contribution >= 4 is 0 Å². The molecule has 8 heteroatoms. The number of pyridine rings is 1. The van der Waals surface area contributed by atoms with Crippen molar-refractivity contribution in [3.05, 3.63) is 100 Å². The van der Waals surface area contributed by atoms with Crippen molar-refractivity contribution in [1.29, 1.82) is 0 Å². The lowest BCUT2D eigenvalue weighted by Gasteiger charge is -2.09. The predicted molar refractivity (Wildman–Crippen MR) is 140 cm³/mol. The average molecular weight is 480 g/mol. The molecule has 0 amide bonds. The maximum absolute atomic E-state index is 13.6. The summed E-state index contributed by atoms with van der Waals surface area (Å²) in [5, 5.41) is 14.4. The standard InChI is InChI=1S/C28H29N7O/c1-3-9-21-11-5-8-14-26(21)35-19-22(10-4-2)34(28(35)36)18-20-15-16-25(29-17-20)23-12-6-7-13-24(23)27-30-32-33-31-27/h5-8,11-17,19H,3-4,9-10,18H2,1-2H3,(H,30,31,32,33). The zero-order chi connectivity index (χ0) is 24.9. The van der Waals surface area contributed by atoms with Crippen molar-refractivity contribution in [1.82, 2.24) is 34.7 Å². The van der Waals surface area contributed by atoms with Crippen LogP contribution in [-0.2, 0) is 19.4 Å². The lowest BCUT2D eigenvalue weighted by molar-refractivity contribution is 0.689. The number of benzene rings is 2. The van der Waals surface area contributed by atoms with E-state index < -0.39 is 0 Å². The van der Waals surface area contributed by atoms with Crippen LogP contribution in [0.4, 0.5) is 0 Å². The minimum absolute atomic E-state index is 0.0199. The van der Waals surface area contributed by atoms with Crippen LogP contribution < -0.4 is 5.69 Å². The highest BCUT2D eigenvalue weighted by Gasteiger charge is 2.16. The molecule has 1 N–H and O–H groups in total. The molecule has 0 saturated carbocycles. The number of imidazole rings is 1. The molecule has 0 bridgehead atoms. The number of aromatic amines is 1. The number of nitrogens with one attached hydrogen (secondary N) is 1. The summed E-state index contributed by atoms with van der Waals surface area (Å²) >= 11 is 0. The van der Waals surface area contributed by atoms with Gasteiger partial charge in [0, 0.05) is 29.2 Å². The highest BCUT2D eigenvalue weighted by molar-refractivity contribution is 5.78. The Balaban J connectivity index is 1.47. The molecule has 5 aromatic rings. The lowest BCUT2D eigenvalue weighted by atomic mass is 10.0. The van der Waals surface area contributed by atoms with Gasteiger partial charge in [-0.05, 0) is 41.3 Å². The molecular weight excluding hydrogens is 450 g/mol. The topological polar surface area (TPSA) is 94.3 Å². The van der Waals surface area contributed by atoms with Crippen LogP contribution in [0.3, 0.4) is 0 Å². The van der Waals surface area contributed by atoms with E-state index in [4.69, 9.17) is 4.98 Å². The zero-order valence-corrected chi connectivity index (χ0v) is 20.6. The summed E-state index contributed by atoms with van der Waals surface area (Å²) in [5.74, 6) is 0.525. The molecule has 0 aliphatic rings. The molecule has 182 valence electrons. The second-order valence-electron chi connectivity index (χ2n) is 8.82. The molecule has 0 unspecified atom stereocenters. The van der Waals surface area contributed by atoms with E-state index in [2.05, 4.69) is 40.5 Å². The Kier molecular flexibility index (Phi) is 6.84. The molecular formula is C28H29N7O. The van der Waals surface area contributed by atoms with Crippen LogP contribution in [0.1, 0.15) is 43.5 Å². The summed E-state index contributed by atoms with van der Waals surface area (Å²) in [6, 6.07) is 20.0. The third kappa shape index (κ3) is 4.62. The molecule has 3 heterocycles. The van der Waals surface area contributed by atoms with Crippen LogP contribution in [0.5, 0.6) is 0 Å². The summed E-state index contributed by atoms with van der Waals surface area (Å²) in [6.45, 7) is 4.76. The Morgan fingerprint density at radius 2 is 1.67 bits per heavy atom. The van der Waals surface area contributed by atoms with Crippen molar-refractivity contribution in [2.24, 2.45) is 0 Å². The quantitative estimate of drug-likeness (QED) is 0.327. The maximum atomic E-state index is 13.6. The van der Waals surface area contributed by atoms with Crippen LogP contribution in [0.25, 0.3) is 28.3 Å². The second kappa shape index (κ2) is 10.5. The lowest BCUT2D eigenvalue weighted by Crippen LogP contribution is -2.25. The zero-order valence-electron chi connectivity index (χ0n) is 20.6. The van der Waals surface area contributed by atoms with E-state index >= 15 is 0 Å². The van der Waals surface area contributed by atoms with Crippen LogP contribution in [-0.4, -0.2) is 34.7 Å². The summed E-state index contributed by atoms with van der Waals surface area (Å²) in [4.78, 5) is 18.3. The SMILES string of the molecule is CCCc1ccccc1-n1cc(CCC)n(Cc2ccc(-c3ccccc3-c3nn[nH]n3)nc2)c1=O. The number of tetrazole rings is 1. The Bertz CT molecular complexity index is 1500. The minimum Gasteiger partial charge on any atom is -0.292 e. The second-order valence-corrected chi connectivity index (χ2v) is 8.82. The van der Waals surface area contributed by atoms with Gasteiger partial charge in [-0.1, -0.05) is 75.2 Å². The Hall–Kier alpha value is -4.33. The molecule has 8 nitrogen and oxygen atoms in total. The fourth-order valence-electron chi connectivity index (χ4n) is 4.59. The normalized spacial score (nSPS) is 11.2. The molecule has 0 fully saturated rings. The van der Waals surface area contributed by atoms with Gasteiger partial charge in [0.05, 0.1) is 17.9 Å². The van der Waals surface area contributed by atoms with Crippen LogP contribution in [0, 0.1) is 0 Å². The first-order valence-corrected chi connectivity index (χ1v) is 12.4. The first-order chi connectivity index (χ1) is 17.7. The highest BCUT2D eigenvalue weighted by Crippen LogP contribution is 2.28. The third-order valence-electron chi connectivity index (χ3n) is 6.29. The highest BCUT2D eigenvalue weighted by atomic mass is 16.1. The van der Waals surface area contributed by atoms with Crippen molar-refractivity contribution < 1.29 is 0 Å². The van der Waals surface area contributed by atoms with E-state index in [-0.39, 0.29) is 5.69 Å². The van der Waals surface area contributed by atoms with E-state index in [1.807, 2.05) is 71.6 Å². The van der Waals surface area contributed by atoms with Crippen LogP contribution >= 0.6 is 0 Å². The Morgan fingerprint density at radius 1 is 0.889 bits per heavy atom. The first kappa shape index (κ1) is 23.4. The number of nitrogens with zero attached hydrogens (tertiary/aromatic N) is 6. The molecule has 2 aromatic carbocycles. The molecule has 3 aromatic heterocycles. The fourth-order valence-corrected chi connectivity index (χ4v) is 4.59. The fraction of sp³-hybridized carbons (Fsp3) is 0.250. The van der Waals surface area contributed by atoms with Crippen molar-refractivity contribution in [3.63, 3.8) is 0 Å². The molecule has 5 rings (SSSR count). The number of para-hydroxylation sites is 1. The molecule has 36 heavy (non-hydrogen) atoms. The van der Waals surface area contributed by atoms with E-state index in [0.717, 1.165) is 59.4 Å². The van der Waals surface area contributed by atoms with Gasteiger partial charge in [-0.2, -0.15) is 5.21 Å². The van der Waals surface area contributed by atoms with Gasteiger partial charge in [-0.25, -0.2) is 4.79 Å². The van der Waals surface area contributed by atoms with Gasteiger partial charge < -0.3 is 0 Å². The van der Waals surface area contributed by atoms with E-state index in [1.165, 1.54) is 5.56 Å². The monoisotopic (exact) mass is 479 g/mol. The summed E-state index contributed by atoms with van der Waals surface area (Å²) < 4.78 is 3.68. The number of aromatic nitrogens is 7. The average Bonchev–Trinajstić information content (AvgIpc) is 3.55.